The van der Waals surface area contributed by atoms with Crippen LogP contribution in [0.4, 0.5) is 33.0 Å². The Labute approximate surface area is 354 Å². The lowest BCUT2D eigenvalue weighted by Crippen LogP contribution is -2.49. The Kier molecular flexibility index (Phi) is 9.00. The molecule has 5 aromatic rings. The van der Waals surface area contributed by atoms with Crippen molar-refractivity contribution in [1.29, 1.82) is 0 Å². The molecule has 16 nitrogen and oxygen atoms in total. The zero-order chi connectivity index (χ0) is 43.7. The summed E-state index contributed by atoms with van der Waals surface area (Å²) in [5.41, 5.74) is -1.87. The number of benzene rings is 3. The SMILES string of the molecule is Cc1c(-c2cc(N3C(=O)[C@@H]4C[C@@H]5C(=CC[C@@H]6C(=O)N(c7cc([N+](=O)[O-])c(N(C)C)c([N+](=O)[O-])c7)C(=O)[C@@H]65)[C@H](c5cccc(F)c5O)[C@]4(C)C3=O)n(C)n2)sc2ccc(Cl)cc12. The Bertz CT molecular complexity index is 2860. The number of fused-ring (bicyclic) bond motifs is 5. The molecule has 1 saturated carbocycles. The number of hydrogen-bond acceptors (Lipinski definition) is 12. The van der Waals surface area contributed by atoms with Gasteiger partial charge < -0.3 is 10.0 Å². The van der Waals surface area contributed by atoms with Crippen molar-refractivity contribution in [2.45, 2.75) is 32.6 Å². The van der Waals surface area contributed by atoms with Gasteiger partial charge in [0.2, 0.25) is 23.6 Å². The van der Waals surface area contributed by atoms with Crippen molar-refractivity contribution in [3.05, 3.63) is 108 Å². The molecule has 4 heterocycles. The van der Waals surface area contributed by atoms with Gasteiger partial charge in [0.05, 0.1) is 43.6 Å². The van der Waals surface area contributed by atoms with Gasteiger partial charge in [-0.1, -0.05) is 35.4 Å². The summed E-state index contributed by atoms with van der Waals surface area (Å²) in [6.45, 7) is 3.52. The van der Waals surface area contributed by atoms with E-state index in [1.165, 1.54) is 47.1 Å². The lowest BCUT2D eigenvalue weighted by atomic mass is 9.51. The van der Waals surface area contributed by atoms with Crippen LogP contribution in [0.25, 0.3) is 20.7 Å². The number of nitro groups is 2. The molecule has 0 radical (unpaired) electrons. The first-order valence-corrected chi connectivity index (χ1v) is 20.4. The number of thiophene rings is 1. The Morgan fingerprint density at radius 3 is 2.31 bits per heavy atom. The van der Waals surface area contributed by atoms with E-state index >= 15 is 9.18 Å². The van der Waals surface area contributed by atoms with Crippen molar-refractivity contribution in [3.63, 3.8) is 0 Å². The Hall–Kier alpha value is -6.53. The van der Waals surface area contributed by atoms with E-state index in [0.29, 0.717) is 16.3 Å². The van der Waals surface area contributed by atoms with E-state index in [4.69, 9.17) is 16.7 Å². The van der Waals surface area contributed by atoms with Crippen LogP contribution in [0.5, 0.6) is 5.75 Å². The second-order valence-corrected chi connectivity index (χ2v) is 17.8. The first kappa shape index (κ1) is 39.9. The minimum atomic E-state index is -1.64. The van der Waals surface area contributed by atoms with Crippen LogP contribution in [-0.4, -0.2) is 62.5 Å². The third-order valence-electron chi connectivity index (χ3n) is 13.0. The van der Waals surface area contributed by atoms with Crippen LogP contribution < -0.4 is 14.7 Å². The molecule has 4 aliphatic rings. The van der Waals surface area contributed by atoms with Crippen molar-refractivity contribution in [3.8, 4) is 16.3 Å². The number of hydrogen-bond donors (Lipinski definition) is 1. The zero-order valence-corrected chi connectivity index (χ0v) is 34.7. The van der Waals surface area contributed by atoms with Crippen molar-refractivity contribution >= 4 is 85.2 Å². The second kappa shape index (κ2) is 13.8. The molecular formula is C42H35ClFN7O9S. The molecule has 3 aromatic carbocycles. The minimum absolute atomic E-state index is 0.00862. The molecule has 0 spiro atoms. The van der Waals surface area contributed by atoms with Crippen LogP contribution >= 0.6 is 22.9 Å². The van der Waals surface area contributed by atoms with Gasteiger partial charge >= 0.3 is 11.4 Å². The molecule has 19 heteroatoms. The topological polar surface area (TPSA) is 202 Å². The molecule has 2 saturated heterocycles. The standard InChI is InChI=1S/C42H35ClFN7O9S/c1-18-24-13-19(43)9-12-31(24)61-37(18)28-17-32(47(5)45-28)49-39(54)26-16-25-21(34(42(26,2)41(49)56)23-7-6-8-27(44)36(23)52)10-11-22-33(25)40(55)48(38(22)53)20-14-29(50(57)58)35(46(3)4)30(15-20)51(59)60/h6-10,12-15,17,22,25-26,33-34,52H,11,16H2,1-5H3/t22-,25+,26-,33-,34+,42+/m0/s1. The van der Waals surface area contributed by atoms with Gasteiger partial charge in [-0.05, 0) is 67.8 Å². The van der Waals surface area contributed by atoms with Crippen LogP contribution in [-0.2, 0) is 26.2 Å². The number of phenols is 1. The maximum Gasteiger partial charge on any atom is 0.301 e. The summed E-state index contributed by atoms with van der Waals surface area (Å²) in [6.07, 6.45) is 1.53. The average molecular weight is 868 g/mol. The molecule has 9 rings (SSSR count). The monoisotopic (exact) mass is 867 g/mol. The van der Waals surface area contributed by atoms with Crippen LogP contribution in [0.3, 0.4) is 0 Å². The molecule has 2 aliphatic heterocycles. The number of carbonyl (C=O) groups excluding carboxylic acids is 4. The largest absolute Gasteiger partial charge is 0.505 e. The highest BCUT2D eigenvalue weighted by Crippen LogP contribution is 2.65. The molecule has 2 aromatic heterocycles. The van der Waals surface area contributed by atoms with Gasteiger partial charge in [0, 0.05) is 60.5 Å². The van der Waals surface area contributed by atoms with Gasteiger partial charge in [0.15, 0.2) is 17.3 Å². The van der Waals surface area contributed by atoms with Gasteiger partial charge in [-0.3, -0.25) is 44.1 Å². The number of allylic oxidation sites excluding steroid dienone is 2. The third-order valence-corrected chi connectivity index (χ3v) is 14.5. The number of anilines is 3. The van der Waals surface area contributed by atoms with E-state index in [2.05, 4.69) is 0 Å². The summed E-state index contributed by atoms with van der Waals surface area (Å²) in [5.74, 6) is -9.80. The fraction of sp³-hybridized carbons (Fsp3) is 0.310. The Morgan fingerprint density at radius 2 is 1.66 bits per heavy atom. The normalized spacial score (nSPS) is 24.6. The van der Waals surface area contributed by atoms with Gasteiger partial charge in [0.25, 0.3) is 0 Å². The number of amides is 4. The number of imide groups is 2. The fourth-order valence-electron chi connectivity index (χ4n) is 10.3. The number of aromatic hydroxyl groups is 1. The highest BCUT2D eigenvalue weighted by atomic mass is 35.5. The van der Waals surface area contributed by atoms with E-state index in [9.17, 15) is 39.7 Å². The summed E-state index contributed by atoms with van der Waals surface area (Å²) in [7, 11) is 4.38. The van der Waals surface area contributed by atoms with Crippen LogP contribution in [0.2, 0.25) is 5.02 Å². The Balaban J connectivity index is 1.15. The lowest BCUT2D eigenvalue weighted by molar-refractivity contribution is -0.392. The number of phenolic OH excluding ortho intramolecular Hbond substituents is 1. The molecular weight excluding hydrogens is 833 g/mol. The third kappa shape index (κ3) is 5.57. The zero-order valence-electron chi connectivity index (χ0n) is 33.1. The predicted octanol–water partition coefficient (Wildman–Crippen LogP) is 7.43. The van der Waals surface area contributed by atoms with Crippen LogP contribution in [0, 0.1) is 62.1 Å². The second-order valence-electron chi connectivity index (χ2n) is 16.3. The fourth-order valence-corrected chi connectivity index (χ4v) is 11.6. The Morgan fingerprint density at radius 1 is 0.967 bits per heavy atom. The van der Waals surface area contributed by atoms with E-state index in [-0.39, 0.29) is 35.6 Å². The molecule has 4 amide bonds. The number of nitro benzene ring substituents is 2. The van der Waals surface area contributed by atoms with E-state index in [1.54, 1.807) is 32.2 Å². The molecule has 0 unspecified atom stereocenters. The smallest absolute Gasteiger partial charge is 0.301 e. The molecule has 3 fully saturated rings. The van der Waals surface area contributed by atoms with Crippen molar-refractivity contribution in [1.82, 2.24) is 9.78 Å². The number of aromatic nitrogens is 2. The van der Waals surface area contributed by atoms with E-state index in [0.717, 1.165) is 48.5 Å². The number of para-hydroxylation sites is 1. The molecule has 2 aliphatic carbocycles. The summed E-state index contributed by atoms with van der Waals surface area (Å²) in [5, 5.41) is 41.9. The van der Waals surface area contributed by atoms with Crippen LogP contribution in [0.15, 0.2) is 66.2 Å². The quantitative estimate of drug-likeness (QED) is 0.0738. The summed E-state index contributed by atoms with van der Waals surface area (Å²) in [4.78, 5) is 85.5. The maximum atomic E-state index is 15.3. The molecule has 312 valence electrons. The average Bonchev–Trinajstić information content (AvgIpc) is 3.88. The van der Waals surface area contributed by atoms with Crippen LogP contribution in [0.1, 0.15) is 36.8 Å². The van der Waals surface area contributed by atoms with Gasteiger partial charge in [0.1, 0.15) is 11.5 Å². The highest BCUT2D eigenvalue weighted by Gasteiger charge is 2.68. The number of nitrogens with zero attached hydrogens (tertiary/aromatic N) is 7. The van der Waals surface area contributed by atoms with Gasteiger partial charge in [-0.2, -0.15) is 5.10 Å². The number of aryl methyl sites for hydroxylation is 2. The summed E-state index contributed by atoms with van der Waals surface area (Å²) >= 11 is 7.77. The first-order chi connectivity index (χ1) is 28.9. The van der Waals surface area contributed by atoms with Crippen molar-refractivity contribution < 1.29 is 38.5 Å². The molecule has 1 N–H and O–H groups in total. The first-order valence-electron chi connectivity index (χ1n) is 19.2. The van der Waals surface area contributed by atoms with Gasteiger partial charge in [-0.25, -0.2) is 14.2 Å². The molecule has 61 heavy (non-hydrogen) atoms. The van der Waals surface area contributed by atoms with Gasteiger partial charge in [-0.15, -0.1) is 11.3 Å². The number of carbonyl (C=O) groups is 4. The summed E-state index contributed by atoms with van der Waals surface area (Å²) in [6, 6.07) is 13.0. The maximum absolute atomic E-state index is 15.3. The van der Waals surface area contributed by atoms with Crippen molar-refractivity contribution in [2.75, 3.05) is 28.8 Å². The predicted molar refractivity (Wildman–Crippen MR) is 223 cm³/mol. The highest BCUT2D eigenvalue weighted by molar-refractivity contribution is 7.22. The molecule has 6 atom stereocenters. The minimum Gasteiger partial charge on any atom is -0.505 e. The lowest BCUT2D eigenvalue weighted by Gasteiger charge is -2.49. The molecule has 0 bridgehead atoms. The number of halogens is 2. The number of rotatable bonds is 7. The van der Waals surface area contributed by atoms with E-state index in [1.807, 2.05) is 19.1 Å². The van der Waals surface area contributed by atoms with Crippen molar-refractivity contribution in [2.24, 2.45) is 36.1 Å². The van der Waals surface area contributed by atoms with E-state index < -0.39 is 91.4 Å². The summed E-state index contributed by atoms with van der Waals surface area (Å²) < 4.78 is 17.6.